The number of nitrogens with zero attached hydrogens (tertiary/aromatic N) is 4. The van der Waals surface area contributed by atoms with E-state index in [2.05, 4.69) is 21.9 Å². The van der Waals surface area contributed by atoms with Crippen molar-refractivity contribution in [1.29, 1.82) is 0 Å². The smallest absolute Gasteiger partial charge is 0.144 e. The SMILES string of the molecule is O=CCC1=NN2c3cc(F)ccc3OCC2[C@@]1(CCCN1CCN(C2CC2)CC1)c1ccccc1. The molecule has 35 heavy (non-hydrogen) atoms. The van der Waals surface area contributed by atoms with Crippen molar-refractivity contribution in [3.8, 4) is 5.75 Å². The average Bonchev–Trinajstić information content (AvgIpc) is 3.69. The molecular weight excluding hydrogens is 443 g/mol. The predicted molar refractivity (Wildman–Crippen MR) is 135 cm³/mol. The van der Waals surface area contributed by atoms with E-state index in [0.29, 0.717) is 18.0 Å². The molecule has 184 valence electrons. The lowest BCUT2D eigenvalue weighted by Crippen LogP contribution is -2.53. The summed E-state index contributed by atoms with van der Waals surface area (Å²) in [6.45, 7) is 6.04. The Hall–Kier alpha value is -2.77. The van der Waals surface area contributed by atoms with E-state index in [4.69, 9.17) is 9.84 Å². The third-order valence-electron chi connectivity index (χ3n) is 8.25. The molecule has 0 aromatic heterocycles. The van der Waals surface area contributed by atoms with Crippen LogP contribution in [-0.2, 0) is 10.2 Å². The standard InChI is InChI=1S/C28H33FN4O2/c29-22-7-10-25-24(19-22)33-27(20-35-25)28(26(30-33)11-18-34,21-5-2-1-3-6-21)12-4-13-31-14-16-32(17-15-31)23-8-9-23/h1-3,5-7,10,18-19,23,27H,4,8-9,11-17,20H2/t27?,28-/m0/s1. The molecule has 7 heteroatoms. The lowest BCUT2D eigenvalue weighted by molar-refractivity contribution is -0.106. The van der Waals surface area contributed by atoms with Gasteiger partial charge in [-0.3, -0.25) is 9.91 Å². The first-order valence-electron chi connectivity index (χ1n) is 12.9. The molecule has 2 aromatic rings. The van der Waals surface area contributed by atoms with Gasteiger partial charge < -0.3 is 14.4 Å². The van der Waals surface area contributed by atoms with Crippen LogP contribution in [0.25, 0.3) is 0 Å². The summed E-state index contributed by atoms with van der Waals surface area (Å²) in [6, 6.07) is 15.7. The van der Waals surface area contributed by atoms with Gasteiger partial charge in [0.1, 0.15) is 36.2 Å². The van der Waals surface area contributed by atoms with Gasteiger partial charge in [-0.15, -0.1) is 0 Å². The number of carbonyl (C=O) groups is 1. The number of halogens is 1. The number of anilines is 1. The van der Waals surface area contributed by atoms with Crippen LogP contribution in [0, 0.1) is 5.82 Å². The second-order valence-corrected chi connectivity index (χ2v) is 10.3. The van der Waals surface area contributed by atoms with E-state index in [1.54, 1.807) is 6.07 Å². The topological polar surface area (TPSA) is 48.4 Å². The maximum Gasteiger partial charge on any atom is 0.144 e. The minimum Gasteiger partial charge on any atom is -0.489 e. The molecule has 0 radical (unpaired) electrons. The fourth-order valence-corrected chi connectivity index (χ4v) is 6.31. The van der Waals surface area contributed by atoms with Crippen LogP contribution in [0.2, 0.25) is 0 Å². The molecule has 3 heterocycles. The van der Waals surface area contributed by atoms with Gasteiger partial charge in [-0.05, 0) is 49.9 Å². The molecule has 0 amide bonds. The number of aldehydes is 1. The third kappa shape index (κ3) is 4.15. The summed E-state index contributed by atoms with van der Waals surface area (Å²) in [5.74, 6) is 0.317. The quantitative estimate of drug-likeness (QED) is 0.542. The summed E-state index contributed by atoms with van der Waals surface area (Å²) in [5.41, 5.74) is 2.18. The van der Waals surface area contributed by atoms with Crippen LogP contribution in [-0.4, -0.2) is 73.2 Å². The van der Waals surface area contributed by atoms with Crippen molar-refractivity contribution in [3.63, 3.8) is 0 Å². The van der Waals surface area contributed by atoms with E-state index in [1.807, 2.05) is 23.2 Å². The average molecular weight is 477 g/mol. The Morgan fingerprint density at radius 3 is 2.63 bits per heavy atom. The Morgan fingerprint density at radius 1 is 1.09 bits per heavy atom. The molecule has 1 unspecified atom stereocenters. The fourth-order valence-electron chi connectivity index (χ4n) is 6.31. The first kappa shape index (κ1) is 22.7. The number of fused-ring (bicyclic) bond motifs is 3. The molecule has 0 bridgehead atoms. The molecule has 0 spiro atoms. The van der Waals surface area contributed by atoms with Crippen molar-refractivity contribution in [2.75, 3.05) is 44.3 Å². The van der Waals surface area contributed by atoms with Gasteiger partial charge in [-0.2, -0.15) is 5.10 Å². The Bertz CT molecular complexity index is 1100. The van der Waals surface area contributed by atoms with Gasteiger partial charge in [0.05, 0.1) is 11.1 Å². The highest BCUT2D eigenvalue weighted by molar-refractivity contribution is 6.05. The fraction of sp³-hybridized carbons (Fsp3) is 0.500. The monoisotopic (exact) mass is 476 g/mol. The summed E-state index contributed by atoms with van der Waals surface area (Å²) < 4.78 is 20.4. The van der Waals surface area contributed by atoms with E-state index in [0.717, 1.165) is 56.1 Å². The summed E-state index contributed by atoms with van der Waals surface area (Å²) in [5, 5.41) is 6.88. The van der Waals surface area contributed by atoms with Crippen LogP contribution in [0.5, 0.6) is 5.75 Å². The second-order valence-electron chi connectivity index (χ2n) is 10.3. The largest absolute Gasteiger partial charge is 0.489 e. The van der Waals surface area contributed by atoms with Crippen molar-refractivity contribution in [2.45, 2.75) is 49.6 Å². The van der Waals surface area contributed by atoms with Crippen molar-refractivity contribution in [3.05, 3.63) is 59.9 Å². The number of hydrogen-bond acceptors (Lipinski definition) is 6. The Labute approximate surface area is 206 Å². The van der Waals surface area contributed by atoms with Gasteiger partial charge in [0.25, 0.3) is 0 Å². The lowest BCUT2D eigenvalue weighted by Gasteiger charge is -2.42. The second kappa shape index (κ2) is 9.36. The van der Waals surface area contributed by atoms with Gasteiger partial charge in [-0.1, -0.05) is 30.3 Å². The van der Waals surface area contributed by atoms with Crippen LogP contribution in [0.3, 0.4) is 0 Å². The zero-order valence-corrected chi connectivity index (χ0v) is 20.1. The maximum atomic E-state index is 14.2. The highest BCUT2D eigenvalue weighted by Crippen LogP contribution is 2.49. The molecule has 1 saturated heterocycles. The minimum absolute atomic E-state index is 0.124. The Balaban J connectivity index is 1.28. The van der Waals surface area contributed by atoms with Crippen LogP contribution in [0.15, 0.2) is 53.6 Å². The zero-order chi connectivity index (χ0) is 23.8. The van der Waals surface area contributed by atoms with Gasteiger partial charge in [0.2, 0.25) is 0 Å². The highest BCUT2D eigenvalue weighted by Gasteiger charge is 2.54. The number of carbonyl (C=O) groups excluding carboxylic acids is 1. The molecule has 6 nitrogen and oxygen atoms in total. The van der Waals surface area contributed by atoms with E-state index >= 15 is 0 Å². The zero-order valence-electron chi connectivity index (χ0n) is 20.1. The first-order valence-corrected chi connectivity index (χ1v) is 12.9. The van der Waals surface area contributed by atoms with E-state index in [-0.39, 0.29) is 18.3 Å². The van der Waals surface area contributed by atoms with Crippen LogP contribution >= 0.6 is 0 Å². The lowest BCUT2D eigenvalue weighted by atomic mass is 9.67. The highest BCUT2D eigenvalue weighted by atomic mass is 19.1. The minimum atomic E-state index is -0.456. The van der Waals surface area contributed by atoms with Crippen LogP contribution < -0.4 is 9.75 Å². The molecule has 2 aromatic carbocycles. The summed E-state index contributed by atoms with van der Waals surface area (Å²) in [4.78, 5) is 17.0. The first-order chi connectivity index (χ1) is 17.2. The molecule has 1 aliphatic carbocycles. The Morgan fingerprint density at radius 2 is 1.89 bits per heavy atom. The van der Waals surface area contributed by atoms with Gasteiger partial charge in [0, 0.05) is 44.7 Å². The van der Waals surface area contributed by atoms with Gasteiger partial charge in [-0.25, -0.2) is 4.39 Å². The number of benzene rings is 2. The summed E-state index contributed by atoms with van der Waals surface area (Å²) >= 11 is 0. The van der Waals surface area contributed by atoms with Gasteiger partial charge >= 0.3 is 0 Å². The van der Waals surface area contributed by atoms with E-state index < -0.39 is 5.41 Å². The molecule has 0 N–H and O–H groups in total. The predicted octanol–water partition coefficient (Wildman–Crippen LogP) is 3.85. The summed E-state index contributed by atoms with van der Waals surface area (Å²) in [6.07, 6.45) is 5.79. The van der Waals surface area contributed by atoms with Crippen LogP contribution in [0.4, 0.5) is 10.1 Å². The molecule has 2 atom stereocenters. The molecule has 1 saturated carbocycles. The number of rotatable bonds is 8. The molecule has 2 fully saturated rings. The molecular formula is C28H33FN4O2. The molecule has 4 aliphatic rings. The normalized spacial score (nSPS) is 26.6. The Kier molecular flexibility index (Phi) is 6.06. The number of piperazine rings is 1. The number of hydrogen-bond donors (Lipinski definition) is 0. The van der Waals surface area contributed by atoms with E-state index in [9.17, 15) is 9.18 Å². The van der Waals surface area contributed by atoms with Crippen molar-refractivity contribution in [1.82, 2.24) is 9.80 Å². The number of hydrazone groups is 1. The van der Waals surface area contributed by atoms with Crippen molar-refractivity contribution < 1.29 is 13.9 Å². The summed E-state index contributed by atoms with van der Waals surface area (Å²) in [7, 11) is 0. The van der Waals surface area contributed by atoms with Crippen molar-refractivity contribution in [2.24, 2.45) is 5.10 Å². The van der Waals surface area contributed by atoms with Crippen LogP contribution in [0.1, 0.15) is 37.7 Å². The van der Waals surface area contributed by atoms with E-state index in [1.165, 1.54) is 38.1 Å². The van der Waals surface area contributed by atoms with Crippen molar-refractivity contribution >= 4 is 17.7 Å². The molecule has 3 aliphatic heterocycles. The third-order valence-corrected chi connectivity index (χ3v) is 8.25. The molecule has 6 rings (SSSR count). The maximum absolute atomic E-state index is 14.2. The van der Waals surface area contributed by atoms with Gasteiger partial charge in [0.15, 0.2) is 0 Å². The number of ether oxygens (including phenoxy) is 1.